The molecule has 4 aliphatic rings. The minimum absolute atomic E-state index is 0.110. The van der Waals surface area contributed by atoms with Gasteiger partial charge in [-0.2, -0.15) is 0 Å². The van der Waals surface area contributed by atoms with E-state index in [9.17, 15) is 0 Å². The van der Waals surface area contributed by atoms with Crippen molar-refractivity contribution in [1.82, 2.24) is 0 Å². The summed E-state index contributed by atoms with van der Waals surface area (Å²) in [6.07, 6.45) is 28.6. The van der Waals surface area contributed by atoms with Crippen LogP contribution in [0.3, 0.4) is 0 Å². The van der Waals surface area contributed by atoms with E-state index in [-0.39, 0.29) is 35.5 Å². The smallest absolute Gasteiger partial charge is 0.259 e. The number of unbranched alkanes of at least 4 members (excludes halogenated alkanes) is 10. The second-order valence-electron chi connectivity index (χ2n) is 29.8. The third kappa shape index (κ3) is 15.7. The van der Waals surface area contributed by atoms with Crippen molar-refractivity contribution in [2.24, 2.45) is 23.7 Å². The first-order chi connectivity index (χ1) is 49.8. The van der Waals surface area contributed by atoms with Crippen LogP contribution in [0.4, 0.5) is 22.7 Å². The van der Waals surface area contributed by atoms with Gasteiger partial charge in [0.25, 0.3) is 23.6 Å². The Hall–Kier alpha value is -6.70. The lowest BCUT2D eigenvalue weighted by molar-refractivity contribution is -0.114. The number of hydrogen-bond donors (Lipinski definition) is 0. The maximum Gasteiger partial charge on any atom is 0.259 e. The highest BCUT2D eigenvalue weighted by atomic mass is 32.1. The summed E-state index contributed by atoms with van der Waals surface area (Å²) >= 11 is 7.44. The van der Waals surface area contributed by atoms with Gasteiger partial charge in [-0.3, -0.25) is 19.2 Å². The van der Waals surface area contributed by atoms with E-state index in [1.807, 2.05) is 64.9 Å². The summed E-state index contributed by atoms with van der Waals surface area (Å²) in [6.45, 7) is 24.6. The van der Waals surface area contributed by atoms with E-state index in [2.05, 4.69) is 178 Å². The Labute approximate surface area is 626 Å². The van der Waals surface area contributed by atoms with Crippen LogP contribution in [0.1, 0.15) is 255 Å². The molecule has 4 aromatic heterocycles. The number of thiophene rings is 4. The summed E-state index contributed by atoms with van der Waals surface area (Å²) < 4.78 is 0. The van der Waals surface area contributed by atoms with Gasteiger partial charge in [-0.15, -0.1) is 45.3 Å². The lowest BCUT2D eigenvalue weighted by Gasteiger charge is -2.27. The van der Waals surface area contributed by atoms with Crippen LogP contribution < -0.4 is 19.6 Å². The largest absolute Gasteiger partial charge is 0.307 e. The molecule has 4 aliphatic heterocycles. The standard InChI is InChI=1S/C90H112N4O4S4/c1-11-21-27-29-35-65-39-47-77(99-65)79-51-49-75(101-79)63-37-41-69-73(53-63)91(55-59(17-7)31-23-13-3)87(95)81(69)83-71-45-43-68-67(85(71)93(89(83)97)57-61(19-9)33-25-15-5)44-46-72-84(90(98)94(86(68)72)58-62(20-10)34-26-16-6)82-70-42-38-64(54-74(70)92(88(82)96)56-60(18-8)32-24-14-4)76-50-52-80(102-76)78-48-40-66(100-78)36-30-28-22-12-2/h37-54,59-62H,11-36,55-58H2,1-10H3/b83-81-,84-82-. The van der Waals surface area contributed by atoms with Gasteiger partial charge in [0.2, 0.25) is 0 Å². The average Bonchev–Trinajstić information content (AvgIpc) is 1.54. The predicted octanol–water partition coefficient (Wildman–Crippen LogP) is 26.1. The van der Waals surface area contributed by atoms with Crippen molar-refractivity contribution in [2.45, 2.75) is 236 Å². The normalized spacial score (nSPS) is 16.9. The monoisotopic (exact) mass is 1440 g/mol. The summed E-state index contributed by atoms with van der Waals surface area (Å²) in [5.41, 5.74) is 10.6. The van der Waals surface area contributed by atoms with E-state index in [0.29, 0.717) is 60.3 Å². The molecule has 0 spiro atoms. The van der Waals surface area contributed by atoms with Crippen LogP contribution in [0.25, 0.3) is 73.5 Å². The molecule has 0 bridgehead atoms. The van der Waals surface area contributed by atoms with Crippen LogP contribution in [0, 0.1) is 23.7 Å². The molecule has 540 valence electrons. The summed E-state index contributed by atoms with van der Waals surface area (Å²) in [5, 5.41) is 1.76. The van der Waals surface area contributed by atoms with Crippen LogP contribution >= 0.6 is 45.3 Å². The van der Waals surface area contributed by atoms with E-state index < -0.39 is 0 Å². The SMILES string of the molecule is CCCCCCc1ccc(-c2ccc(-c3ccc4c(c3)N(CC(CC)CCCC)C(=O)/C4=C3\C(=O)N(CC(CC)CCCC)c4c3ccc3c5c(ccc43)/C(=C3/C(=O)N(CC(CC)CCCC)c4cc(-c6ccc(-c7ccc(CCCCCC)s7)s6)ccc43)C(=O)N5CC(CC)CCCC)s2)s1. The number of fused-ring (bicyclic) bond motifs is 7. The van der Waals surface area contributed by atoms with Crippen molar-refractivity contribution >= 4 is 125 Å². The van der Waals surface area contributed by atoms with Gasteiger partial charge in [0.05, 0.1) is 45.0 Å². The van der Waals surface area contributed by atoms with Gasteiger partial charge >= 0.3 is 0 Å². The second-order valence-corrected chi connectivity index (χ2v) is 34.3. The first kappa shape index (κ1) is 75.0. The first-order valence-corrected chi connectivity index (χ1v) is 43.1. The van der Waals surface area contributed by atoms with Gasteiger partial charge in [-0.1, -0.05) is 233 Å². The molecular weight excluding hydrogens is 1330 g/mol. The van der Waals surface area contributed by atoms with E-state index in [1.165, 1.54) is 80.6 Å². The third-order valence-corrected chi connectivity index (χ3v) is 27.7. The molecule has 8 nitrogen and oxygen atoms in total. The summed E-state index contributed by atoms with van der Waals surface area (Å²) in [6, 6.07) is 39.7. The Morgan fingerprint density at radius 3 is 0.951 bits per heavy atom. The molecule has 4 amide bonds. The molecule has 0 radical (unpaired) electrons. The molecular formula is C90H112N4O4S4. The fourth-order valence-electron chi connectivity index (χ4n) is 16.4. The van der Waals surface area contributed by atoms with Gasteiger partial charge in [-0.25, -0.2) is 0 Å². The molecule has 0 N–H and O–H groups in total. The van der Waals surface area contributed by atoms with Crippen molar-refractivity contribution in [2.75, 3.05) is 45.8 Å². The second kappa shape index (κ2) is 34.9. The van der Waals surface area contributed by atoms with Crippen LogP contribution in [0.15, 0.2) is 109 Å². The molecule has 0 aliphatic carbocycles. The molecule has 4 aromatic carbocycles. The number of nitrogens with zero attached hydrogens (tertiary/aromatic N) is 4. The summed E-state index contributed by atoms with van der Waals surface area (Å²) in [4.78, 5) is 83.2. The summed E-state index contributed by atoms with van der Waals surface area (Å²) in [5.74, 6) is 0.526. The molecule has 8 aromatic rings. The predicted molar refractivity (Wildman–Crippen MR) is 442 cm³/mol. The molecule has 102 heavy (non-hydrogen) atoms. The number of carbonyl (C=O) groups is 4. The van der Waals surface area contributed by atoms with Crippen LogP contribution in [0.5, 0.6) is 0 Å². The Morgan fingerprint density at radius 2 is 0.598 bits per heavy atom. The van der Waals surface area contributed by atoms with Crippen molar-refractivity contribution in [3.05, 3.63) is 141 Å². The highest BCUT2D eigenvalue weighted by Crippen LogP contribution is 2.56. The van der Waals surface area contributed by atoms with Gasteiger partial charge < -0.3 is 19.6 Å². The van der Waals surface area contributed by atoms with Crippen molar-refractivity contribution < 1.29 is 19.2 Å². The molecule has 4 unspecified atom stereocenters. The Morgan fingerprint density at radius 1 is 0.294 bits per heavy atom. The molecule has 8 heterocycles. The molecule has 12 heteroatoms. The lowest BCUT2D eigenvalue weighted by atomic mass is 9.91. The quantitative estimate of drug-likeness (QED) is 0.0285. The molecule has 4 atom stereocenters. The van der Waals surface area contributed by atoms with Gasteiger partial charge in [-0.05, 0) is 147 Å². The zero-order valence-electron chi connectivity index (χ0n) is 63.0. The molecule has 12 rings (SSSR count). The van der Waals surface area contributed by atoms with E-state index in [4.69, 9.17) is 0 Å². The van der Waals surface area contributed by atoms with Crippen molar-refractivity contribution in [3.8, 4) is 40.4 Å². The molecule has 0 saturated heterocycles. The number of carbonyl (C=O) groups excluding carboxylic acids is 4. The zero-order valence-corrected chi connectivity index (χ0v) is 66.2. The number of aryl methyl sites for hydroxylation is 2. The van der Waals surface area contributed by atoms with Crippen LogP contribution in [0.2, 0.25) is 0 Å². The Balaban J connectivity index is 1.00. The van der Waals surface area contributed by atoms with E-state index >= 15 is 19.2 Å². The molecule has 0 fully saturated rings. The molecule has 0 saturated carbocycles. The van der Waals surface area contributed by atoms with E-state index in [1.54, 1.807) is 0 Å². The summed E-state index contributed by atoms with van der Waals surface area (Å²) in [7, 11) is 0. The van der Waals surface area contributed by atoms with Gasteiger partial charge in [0.15, 0.2) is 0 Å². The minimum Gasteiger partial charge on any atom is -0.307 e. The number of amides is 4. The van der Waals surface area contributed by atoms with Crippen LogP contribution in [-0.4, -0.2) is 49.8 Å². The number of benzene rings is 4. The van der Waals surface area contributed by atoms with E-state index in [0.717, 1.165) is 192 Å². The fourth-order valence-corrected chi connectivity index (χ4v) is 20.7. The Bertz CT molecular complexity index is 4070. The topological polar surface area (TPSA) is 81.2 Å². The minimum atomic E-state index is -0.138. The maximum absolute atomic E-state index is 16.3. The highest BCUT2D eigenvalue weighted by Gasteiger charge is 2.47. The highest BCUT2D eigenvalue weighted by molar-refractivity contribution is 7.24. The zero-order chi connectivity index (χ0) is 71.6. The first-order valence-electron chi connectivity index (χ1n) is 39.9. The fraction of sp³-hybridized carbons (Fsp3) is 0.489. The number of anilines is 4. The van der Waals surface area contributed by atoms with Crippen molar-refractivity contribution in [1.29, 1.82) is 0 Å². The maximum atomic E-state index is 16.3. The van der Waals surface area contributed by atoms with Gasteiger partial charge in [0.1, 0.15) is 0 Å². The van der Waals surface area contributed by atoms with Crippen molar-refractivity contribution in [3.63, 3.8) is 0 Å². The Kier molecular flexibility index (Phi) is 25.7. The number of rotatable bonds is 38. The third-order valence-electron chi connectivity index (χ3n) is 22.8. The van der Waals surface area contributed by atoms with Gasteiger partial charge in [0, 0.05) is 98.2 Å². The number of hydrogen-bond acceptors (Lipinski definition) is 8. The average molecular weight is 1440 g/mol. The lowest BCUT2D eigenvalue weighted by Crippen LogP contribution is -2.34. The van der Waals surface area contributed by atoms with Crippen LogP contribution in [-0.2, 0) is 32.0 Å².